The van der Waals surface area contributed by atoms with E-state index in [1.807, 2.05) is 24.3 Å². The van der Waals surface area contributed by atoms with Crippen LogP contribution in [0.25, 0.3) is 5.82 Å². The van der Waals surface area contributed by atoms with Gasteiger partial charge in [0.2, 0.25) is 5.91 Å². The van der Waals surface area contributed by atoms with Crippen molar-refractivity contribution >= 4 is 23.2 Å². The van der Waals surface area contributed by atoms with E-state index in [1.54, 1.807) is 41.0 Å². The molecule has 0 spiro atoms. The van der Waals surface area contributed by atoms with E-state index in [0.29, 0.717) is 17.1 Å². The summed E-state index contributed by atoms with van der Waals surface area (Å²) in [5, 5.41) is 7.02. The first-order valence-corrected chi connectivity index (χ1v) is 8.80. The zero-order chi connectivity index (χ0) is 18.8. The molecule has 3 heterocycles. The molecular weight excluding hydrogens is 342 g/mol. The second kappa shape index (κ2) is 7.03. The Bertz CT molecular complexity index is 980. The Balaban J connectivity index is 1.51. The zero-order valence-corrected chi connectivity index (χ0v) is 14.9. The van der Waals surface area contributed by atoms with Crippen molar-refractivity contribution in [2.75, 3.05) is 16.8 Å². The summed E-state index contributed by atoms with van der Waals surface area (Å²) in [5.41, 5.74) is 3.17. The molecule has 0 radical (unpaired) electrons. The molecular formula is C20H19N5O2. The van der Waals surface area contributed by atoms with Crippen molar-refractivity contribution in [1.29, 1.82) is 0 Å². The summed E-state index contributed by atoms with van der Waals surface area (Å²) >= 11 is 0. The lowest BCUT2D eigenvalue weighted by Gasteiger charge is -2.29. The maximum Gasteiger partial charge on any atom is 0.257 e. The Morgan fingerprint density at radius 3 is 2.78 bits per heavy atom. The molecule has 1 aliphatic rings. The van der Waals surface area contributed by atoms with Gasteiger partial charge in [0.25, 0.3) is 5.91 Å². The van der Waals surface area contributed by atoms with Gasteiger partial charge in [0.05, 0.1) is 5.56 Å². The first-order chi connectivity index (χ1) is 13.1. The van der Waals surface area contributed by atoms with Crippen molar-refractivity contribution in [2.24, 2.45) is 0 Å². The van der Waals surface area contributed by atoms with Gasteiger partial charge in [-0.2, -0.15) is 5.10 Å². The van der Waals surface area contributed by atoms with Crippen LogP contribution in [0.3, 0.4) is 0 Å². The number of hydrogen-bond acceptors (Lipinski definition) is 4. The van der Waals surface area contributed by atoms with E-state index in [-0.39, 0.29) is 11.8 Å². The lowest BCUT2D eigenvalue weighted by atomic mass is 10.0. The van der Waals surface area contributed by atoms with E-state index in [9.17, 15) is 9.59 Å². The van der Waals surface area contributed by atoms with Gasteiger partial charge in [-0.05, 0) is 54.8 Å². The highest BCUT2D eigenvalue weighted by atomic mass is 16.2. The summed E-state index contributed by atoms with van der Waals surface area (Å²) in [6.07, 6.45) is 6.80. The molecule has 0 unspecified atom stereocenters. The van der Waals surface area contributed by atoms with Crippen LogP contribution in [0.5, 0.6) is 0 Å². The van der Waals surface area contributed by atoms with Crippen LogP contribution >= 0.6 is 0 Å². The second-order valence-electron chi connectivity index (χ2n) is 6.43. The quantitative estimate of drug-likeness (QED) is 0.778. The van der Waals surface area contributed by atoms with Gasteiger partial charge in [0.1, 0.15) is 0 Å². The third kappa shape index (κ3) is 3.44. The predicted molar refractivity (Wildman–Crippen MR) is 102 cm³/mol. The van der Waals surface area contributed by atoms with E-state index < -0.39 is 0 Å². The summed E-state index contributed by atoms with van der Waals surface area (Å²) in [6, 6.07) is 10.9. The minimum atomic E-state index is -0.228. The summed E-state index contributed by atoms with van der Waals surface area (Å²) in [6.45, 7) is 2.31. The molecule has 3 aromatic rings. The number of amides is 2. The van der Waals surface area contributed by atoms with Crippen LogP contribution in [0.1, 0.15) is 29.3 Å². The highest BCUT2D eigenvalue weighted by Crippen LogP contribution is 2.29. The van der Waals surface area contributed by atoms with E-state index >= 15 is 0 Å². The SMILES string of the molecule is CC(=O)N1CCCc2cc(NC(=O)c3ccc(-n4cccn4)nc3)ccc21. The van der Waals surface area contributed by atoms with Crippen LogP contribution < -0.4 is 10.2 Å². The lowest BCUT2D eigenvalue weighted by molar-refractivity contribution is -0.116. The first kappa shape index (κ1) is 17.0. The number of benzene rings is 1. The summed E-state index contributed by atoms with van der Waals surface area (Å²) in [5.74, 6) is 0.458. The van der Waals surface area contributed by atoms with Gasteiger partial charge < -0.3 is 10.2 Å². The molecule has 2 aromatic heterocycles. The van der Waals surface area contributed by atoms with E-state index in [2.05, 4.69) is 15.4 Å². The number of nitrogens with one attached hydrogen (secondary N) is 1. The number of pyridine rings is 1. The molecule has 0 saturated carbocycles. The van der Waals surface area contributed by atoms with Crippen molar-refractivity contribution in [3.63, 3.8) is 0 Å². The van der Waals surface area contributed by atoms with Crippen molar-refractivity contribution in [3.05, 3.63) is 66.1 Å². The van der Waals surface area contributed by atoms with Gasteiger partial charge in [-0.25, -0.2) is 9.67 Å². The monoisotopic (exact) mass is 361 g/mol. The van der Waals surface area contributed by atoms with E-state index in [0.717, 1.165) is 30.6 Å². The summed E-state index contributed by atoms with van der Waals surface area (Å²) in [7, 11) is 0. The lowest BCUT2D eigenvalue weighted by Crippen LogP contribution is -2.33. The number of carbonyl (C=O) groups excluding carboxylic acids is 2. The number of carbonyl (C=O) groups is 2. The Morgan fingerprint density at radius 2 is 2.07 bits per heavy atom. The molecule has 1 N–H and O–H groups in total. The molecule has 0 aliphatic carbocycles. The molecule has 0 atom stereocenters. The van der Waals surface area contributed by atoms with Gasteiger partial charge in [-0.3, -0.25) is 9.59 Å². The van der Waals surface area contributed by atoms with Gasteiger partial charge >= 0.3 is 0 Å². The van der Waals surface area contributed by atoms with Gasteiger partial charge in [0.15, 0.2) is 5.82 Å². The molecule has 7 heteroatoms. The van der Waals surface area contributed by atoms with E-state index in [4.69, 9.17) is 0 Å². The normalized spacial score (nSPS) is 13.1. The molecule has 27 heavy (non-hydrogen) atoms. The standard InChI is InChI=1S/C20H19N5O2/c1-14(26)24-10-2-4-15-12-17(6-7-18(15)24)23-20(27)16-5-8-19(21-13-16)25-11-3-9-22-25/h3,5-9,11-13H,2,4,10H2,1H3,(H,23,27). The molecule has 4 rings (SSSR count). The number of fused-ring (bicyclic) bond motifs is 1. The number of aryl methyl sites for hydroxylation is 1. The first-order valence-electron chi connectivity index (χ1n) is 8.80. The third-order valence-corrected chi connectivity index (χ3v) is 4.59. The summed E-state index contributed by atoms with van der Waals surface area (Å²) in [4.78, 5) is 30.3. The summed E-state index contributed by atoms with van der Waals surface area (Å²) < 4.78 is 1.63. The molecule has 2 amide bonds. The molecule has 0 saturated heterocycles. The molecule has 1 aliphatic heterocycles. The maximum absolute atomic E-state index is 12.5. The zero-order valence-electron chi connectivity index (χ0n) is 14.9. The predicted octanol–water partition coefficient (Wildman–Crippen LogP) is 2.82. The number of anilines is 2. The van der Waals surface area contributed by atoms with Crippen LogP contribution in [0.15, 0.2) is 55.0 Å². The van der Waals surface area contributed by atoms with Crippen molar-refractivity contribution in [2.45, 2.75) is 19.8 Å². The topological polar surface area (TPSA) is 80.1 Å². The smallest absolute Gasteiger partial charge is 0.257 e. The van der Waals surface area contributed by atoms with Crippen LogP contribution in [0, 0.1) is 0 Å². The van der Waals surface area contributed by atoms with Crippen molar-refractivity contribution in [1.82, 2.24) is 14.8 Å². The molecule has 0 bridgehead atoms. The van der Waals surface area contributed by atoms with Crippen LogP contribution in [-0.4, -0.2) is 33.1 Å². The Morgan fingerprint density at radius 1 is 1.19 bits per heavy atom. The minimum absolute atomic E-state index is 0.0380. The number of nitrogens with zero attached hydrogens (tertiary/aromatic N) is 4. The highest BCUT2D eigenvalue weighted by molar-refractivity contribution is 6.04. The fourth-order valence-electron chi connectivity index (χ4n) is 3.27. The number of rotatable bonds is 3. The molecule has 7 nitrogen and oxygen atoms in total. The van der Waals surface area contributed by atoms with Crippen LogP contribution in [0.2, 0.25) is 0 Å². The molecule has 136 valence electrons. The average molecular weight is 361 g/mol. The van der Waals surface area contributed by atoms with Gasteiger partial charge in [-0.1, -0.05) is 0 Å². The number of hydrogen-bond donors (Lipinski definition) is 1. The average Bonchev–Trinajstić information content (AvgIpc) is 3.22. The van der Waals surface area contributed by atoms with Crippen molar-refractivity contribution in [3.8, 4) is 5.82 Å². The third-order valence-electron chi connectivity index (χ3n) is 4.59. The van der Waals surface area contributed by atoms with Crippen LogP contribution in [0.4, 0.5) is 11.4 Å². The largest absolute Gasteiger partial charge is 0.322 e. The minimum Gasteiger partial charge on any atom is -0.322 e. The van der Waals surface area contributed by atoms with E-state index in [1.165, 1.54) is 6.20 Å². The second-order valence-corrected chi connectivity index (χ2v) is 6.43. The fraction of sp³-hybridized carbons (Fsp3) is 0.200. The molecule has 1 aromatic carbocycles. The Labute approximate surface area is 156 Å². The number of aromatic nitrogens is 3. The fourth-order valence-corrected chi connectivity index (χ4v) is 3.27. The molecule has 0 fully saturated rings. The highest BCUT2D eigenvalue weighted by Gasteiger charge is 2.20. The van der Waals surface area contributed by atoms with Gasteiger partial charge in [-0.15, -0.1) is 0 Å². The Kier molecular flexibility index (Phi) is 4.42. The maximum atomic E-state index is 12.5. The van der Waals surface area contributed by atoms with Crippen molar-refractivity contribution < 1.29 is 9.59 Å². The Hall–Kier alpha value is -3.48. The van der Waals surface area contributed by atoms with Gasteiger partial charge in [0, 0.05) is 43.4 Å². The van der Waals surface area contributed by atoms with Crippen LogP contribution in [-0.2, 0) is 11.2 Å².